The normalized spacial score (nSPS) is 18.1. The summed E-state index contributed by atoms with van der Waals surface area (Å²) in [5.74, 6) is 0.396. The minimum atomic E-state index is 0.0333. The van der Waals surface area contributed by atoms with Crippen molar-refractivity contribution in [2.75, 3.05) is 44.2 Å². The topological polar surface area (TPSA) is 43.9 Å². The molecule has 0 N–H and O–H groups in total. The molecule has 0 aromatic heterocycles. The maximum atomic E-state index is 13.2. The lowest BCUT2D eigenvalue weighted by Gasteiger charge is -2.34. The predicted octanol–water partition coefficient (Wildman–Crippen LogP) is 3.89. The van der Waals surface area contributed by atoms with Gasteiger partial charge in [-0.3, -0.25) is 9.59 Å². The number of nitrogens with zero attached hydrogens (tertiary/aromatic N) is 3. The Morgan fingerprint density at radius 2 is 1.42 bits per heavy atom. The third kappa shape index (κ3) is 4.76. The summed E-state index contributed by atoms with van der Waals surface area (Å²) in [6.45, 7) is 8.90. The molecule has 164 valence electrons. The first-order chi connectivity index (χ1) is 15.0. The fraction of sp³-hybridized carbons (Fsp3) is 0.462. The van der Waals surface area contributed by atoms with Crippen LogP contribution in [0.4, 0.5) is 5.69 Å². The van der Waals surface area contributed by atoms with Gasteiger partial charge in [0.15, 0.2) is 0 Å². The number of anilines is 1. The number of piperidine rings is 1. The van der Waals surface area contributed by atoms with Crippen LogP contribution in [0.2, 0.25) is 0 Å². The van der Waals surface area contributed by atoms with Gasteiger partial charge in [-0.25, -0.2) is 0 Å². The lowest BCUT2D eigenvalue weighted by Crippen LogP contribution is -2.45. The summed E-state index contributed by atoms with van der Waals surface area (Å²) in [7, 11) is 0. The van der Waals surface area contributed by atoms with E-state index in [1.165, 1.54) is 11.3 Å². The van der Waals surface area contributed by atoms with Gasteiger partial charge < -0.3 is 14.7 Å². The zero-order valence-electron chi connectivity index (χ0n) is 18.7. The quantitative estimate of drug-likeness (QED) is 0.758. The highest BCUT2D eigenvalue weighted by Gasteiger charge is 2.31. The van der Waals surface area contributed by atoms with Crippen LogP contribution in [-0.4, -0.2) is 60.9 Å². The van der Waals surface area contributed by atoms with Gasteiger partial charge in [0.2, 0.25) is 5.91 Å². The van der Waals surface area contributed by atoms with Crippen molar-refractivity contribution in [1.82, 2.24) is 9.80 Å². The molecular formula is C26H33N3O2. The fourth-order valence-electron chi connectivity index (χ4n) is 4.87. The van der Waals surface area contributed by atoms with E-state index in [-0.39, 0.29) is 17.7 Å². The molecular weight excluding hydrogens is 386 g/mol. The predicted molar refractivity (Wildman–Crippen MR) is 124 cm³/mol. The molecule has 5 heteroatoms. The number of carbonyl (C=O) groups is 2. The molecule has 2 saturated heterocycles. The molecule has 4 rings (SSSR count). The van der Waals surface area contributed by atoms with E-state index in [9.17, 15) is 9.59 Å². The van der Waals surface area contributed by atoms with E-state index in [4.69, 9.17) is 0 Å². The third-order valence-electron chi connectivity index (χ3n) is 6.77. The summed E-state index contributed by atoms with van der Waals surface area (Å²) in [5.41, 5.74) is 4.34. The Hall–Kier alpha value is -2.82. The number of rotatable bonds is 3. The average molecular weight is 420 g/mol. The van der Waals surface area contributed by atoms with Crippen LogP contribution < -0.4 is 4.90 Å². The molecule has 2 amide bonds. The summed E-state index contributed by atoms with van der Waals surface area (Å²) in [5, 5.41) is 0. The minimum Gasteiger partial charge on any atom is -0.369 e. The first-order valence-corrected chi connectivity index (χ1v) is 11.5. The second-order valence-electron chi connectivity index (χ2n) is 8.83. The van der Waals surface area contributed by atoms with Crippen LogP contribution in [0.25, 0.3) is 0 Å². The van der Waals surface area contributed by atoms with Crippen LogP contribution in [0.1, 0.15) is 40.7 Å². The number of carbonyl (C=O) groups excluding carboxylic acids is 2. The largest absolute Gasteiger partial charge is 0.369 e. The van der Waals surface area contributed by atoms with E-state index in [0.29, 0.717) is 13.1 Å². The third-order valence-corrected chi connectivity index (χ3v) is 6.77. The highest BCUT2D eigenvalue weighted by atomic mass is 16.2. The Labute approximate surface area is 185 Å². The van der Waals surface area contributed by atoms with Crippen LogP contribution in [0.3, 0.4) is 0 Å². The van der Waals surface area contributed by atoms with Crippen molar-refractivity contribution < 1.29 is 9.59 Å². The number of benzene rings is 2. The van der Waals surface area contributed by atoms with E-state index in [1.54, 1.807) is 0 Å². The van der Waals surface area contributed by atoms with E-state index in [1.807, 2.05) is 36.1 Å². The Morgan fingerprint density at radius 3 is 2.13 bits per heavy atom. The van der Waals surface area contributed by atoms with Crippen LogP contribution in [-0.2, 0) is 4.79 Å². The first kappa shape index (κ1) is 21.4. The number of hydrogen-bond donors (Lipinski definition) is 0. The SMILES string of the molecule is Cc1ccccc1C(=O)N1CCC(C(=O)N2CCCN(c3ccccc3C)CC2)CC1. The van der Waals surface area contributed by atoms with Gasteiger partial charge in [0.25, 0.3) is 5.91 Å². The maximum absolute atomic E-state index is 13.2. The average Bonchev–Trinajstić information content (AvgIpc) is 3.05. The summed E-state index contributed by atoms with van der Waals surface area (Å²) >= 11 is 0. The second kappa shape index (κ2) is 9.54. The highest BCUT2D eigenvalue weighted by molar-refractivity contribution is 5.95. The van der Waals surface area contributed by atoms with Crippen LogP contribution in [0.15, 0.2) is 48.5 Å². The monoisotopic (exact) mass is 419 g/mol. The van der Waals surface area contributed by atoms with Crippen LogP contribution in [0, 0.1) is 19.8 Å². The van der Waals surface area contributed by atoms with E-state index in [2.05, 4.69) is 41.0 Å². The standard InChI is InChI=1S/C26H33N3O2/c1-20-8-3-5-10-23(20)26(31)29-16-12-22(13-17-29)25(30)28-15-7-14-27(18-19-28)24-11-6-4-9-21(24)2/h3-6,8-11,22H,7,12-19H2,1-2H3. The summed E-state index contributed by atoms with van der Waals surface area (Å²) in [6.07, 6.45) is 2.51. The van der Waals surface area contributed by atoms with Crippen molar-refractivity contribution in [3.05, 3.63) is 65.2 Å². The molecule has 0 saturated carbocycles. The first-order valence-electron chi connectivity index (χ1n) is 11.5. The molecule has 0 unspecified atom stereocenters. The van der Waals surface area contributed by atoms with E-state index in [0.717, 1.165) is 56.6 Å². The van der Waals surface area contributed by atoms with Crippen molar-refractivity contribution in [3.8, 4) is 0 Å². The van der Waals surface area contributed by atoms with Gasteiger partial charge in [0.05, 0.1) is 0 Å². The number of hydrogen-bond acceptors (Lipinski definition) is 3. The van der Waals surface area contributed by atoms with Crippen molar-refractivity contribution >= 4 is 17.5 Å². The van der Waals surface area contributed by atoms with Gasteiger partial charge in [0, 0.05) is 56.4 Å². The summed E-state index contributed by atoms with van der Waals surface area (Å²) in [6, 6.07) is 16.2. The molecule has 31 heavy (non-hydrogen) atoms. The van der Waals surface area contributed by atoms with Crippen molar-refractivity contribution in [2.45, 2.75) is 33.1 Å². The molecule has 5 nitrogen and oxygen atoms in total. The van der Waals surface area contributed by atoms with Crippen molar-refractivity contribution in [1.29, 1.82) is 0 Å². The Morgan fingerprint density at radius 1 is 0.742 bits per heavy atom. The molecule has 2 aliphatic heterocycles. The zero-order valence-corrected chi connectivity index (χ0v) is 18.7. The van der Waals surface area contributed by atoms with Gasteiger partial charge >= 0.3 is 0 Å². The Balaban J connectivity index is 1.32. The lowest BCUT2D eigenvalue weighted by atomic mass is 9.94. The van der Waals surface area contributed by atoms with E-state index >= 15 is 0 Å². The maximum Gasteiger partial charge on any atom is 0.254 e. The van der Waals surface area contributed by atoms with Crippen molar-refractivity contribution in [2.24, 2.45) is 5.92 Å². The molecule has 2 aromatic rings. The minimum absolute atomic E-state index is 0.0333. The van der Waals surface area contributed by atoms with Gasteiger partial charge in [-0.15, -0.1) is 0 Å². The van der Waals surface area contributed by atoms with Gasteiger partial charge in [-0.2, -0.15) is 0 Å². The van der Waals surface area contributed by atoms with Crippen LogP contribution >= 0.6 is 0 Å². The number of para-hydroxylation sites is 1. The van der Waals surface area contributed by atoms with Gasteiger partial charge in [-0.05, 0) is 56.4 Å². The molecule has 2 aliphatic rings. The Bertz CT molecular complexity index is 934. The van der Waals surface area contributed by atoms with Crippen molar-refractivity contribution in [3.63, 3.8) is 0 Å². The molecule has 0 atom stereocenters. The molecule has 0 radical (unpaired) electrons. The zero-order chi connectivity index (χ0) is 21.8. The lowest BCUT2D eigenvalue weighted by molar-refractivity contribution is -0.136. The van der Waals surface area contributed by atoms with Crippen LogP contribution in [0.5, 0.6) is 0 Å². The molecule has 0 aliphatic carbocycles. The number of aryl methyl sites for hydroxylation is 2. The highest BCUT2D eigenvalue weighted by Crippen LogP contribution is 2.24. The molecule has 2 fully saturated rings. The fourth-order valence-corrected chi connectivity index (χ4v) is 4.87. The van der Waals surface area contributed by atoms with Gasteiger partial charge in [-0.1, -0.05) is 36.4 Å². The molecule has 2 aromatic carbocycles. The summed E-state index contributed by atoms with van der Waals surface area (Å²) in [4.78, 5) is 32.5. The molecule has 0 bridgehead atoms. The van der Waals surface area contributed by atoms with Gasteiger partial charge in [0.1, 0.15) is 0 Å². The smallest absolute Gasteiger partial charge is 0.254 e. The molecule has 2 heterocycles. The number of amides is 2. The Kier molecular flexibility index (Phi) is 6.59. The second-order valence-corrected chi connectivity index (χ2v) is 8.83. The molecule has 0 spiro atoms. The van der Waals surface area contributed by atoms with E-state index < -0.39 is 0 Å². The summed E-state index contributed by atoms with van der Waals surface area (Å²) < 4.78 is 0. The number of likely N-dealkylation sites (tertiary alicyclic amines) is 1.